The van der Waals surface area contributed by atoms with Gasteiger partial charge in [0.15, 0.2) is 0 Å². The summed E-state index contributed by atoms with van der Waals surface area (Å²) in [6.07, 6.45) is 15.4. The number of allylic oxidation sites excluding steroid dienone is 4. The highest BCUT2D eigenvalue weighted by Crippen LogP contribution is 2.64. The van der Waals surface area contributed by atoms with E-state index < -0.39 is 0 Å². The Kier molecular flexibility index (Phi) is 5.32. The Morgan fingerprint density at radius 3 is 2.85 bits per heavy atom. The molecule has 4 atom stereocenters. The van der Waals surface area contributed by atoms with Gasteiger partial charge in [-0.1, -0.05) is 42.9 Å². The predicted molar refractivity (Wildman–Crippen MR) is 128 cm³/mol. The highest BCUT2D eigenvalue weighted by Gasteiger charge is 2.61. The standard InChI is InChI=1S/C29H36O4/c1-27-15-12-26-24(11-16-29-14-4-3-13-28(26,29)19-32-20-33-29)25(27)10-7-22(27)18-31-17-21-5-8-23(30-2)9-6-21/h3,5-6,8-9,12-13,22H,4,7,10-11,14-20H2,1-2H3/t22-,27-,28+,29+/m1/s1. The zero-order chi connectivity index (χ0) is 22.5. The van der Waals surface area contributed by atoms with E-state index in [2.05, 4.69) is 37.3 Å². The van der Waals surface area contributed by atoms with Crippen molar-refractivity contribution in [3.8, 4) is 5.75 Å². The summed E-state index contributed by atoms with van der Waals surface area (Å²) in [5, 5.41) is 0. The molecule has 176 valence electrons. The third kappa shape index (κ3) is 3.21. The van der Waals surface area contributed by atoms with Gasteiger partial charge in [0, 0.05) is 0 Å². The topological polar surface area (TPSA) is 36.9 Å². The molecule has 1 saturated heterocycles. The quantitative estimate of drug-likeness (QED) is 0.508. The Balaban J connectivity index is 1.21. The normalized spacial score (nSPS) is 37.0. The zero-order valence-electron chi connectivity index (χ0n) is 20.0. The van der Waals surface area contributed by atoms with E-state index in [-0.39, 0.29) is 16.4 Å². The fraction of sp³-hybridized carbons (Fsp3) is 0.586. The summed E-state index contributed by atoms with van der Waals surface area (Å²) in [4.78, 5) is 0. The maximum Gasteiger partial charge on any atom is 0.147 e. The van der Waals surface area contributed by atoms with E-state index in [0.29, 0.717) is 19.3 Å². The minimum absolute atomic E-state index is 0.0664. The van der Waals surface area contributed by atoms with Crippen molar-refractivity contribution >= 4 is 0 Å². The lowest BCUT2D eigenvalue weighted by atomic mass is 9.52. The predicted octanol–water partition coefficient (Wildman–Crippen LogP) is 6.13. The molecule has 4 nitrogen and oxygen atoms in total. The van der Waals surface area contributed by atoms with Gasteiger partial charge in [0.1, 0.15) is 12.5 Å². The number of fused-ring (bicyclic) bond motifs is 2. The van der Waals surface area contributed by atoms with Crippen molar-refractivity contribution in [3.63, 3.8) is 0 Å². The average molecular weight is 449 g/mol. The second kappa shape index (κ2) is 8.11. The molecule has 2 saturated carbocycles. The summed E-state index contributed by atoms with van der Waals surface area (Å²) >= 11 is 0. The number of hydrogen-bond acceptors (Lipinski definition) is 4. The van der Waals surface area contributed by atoms with Crippen molar-refractivity contribution in [2.45, 2.75) is 64.1 Å². The number of methoxy groups -OCH3 is 1. The van der Waals surface area contributed by atoms with Gasteiger partial charge in [0.2, 0.25) is 0 Å². The fourth-order valence-corrected chi connectivity index (χ4v) is 7.47. The number of rotatable bonds is 5. The van der Waals surface area contributed by atoms with E-state index >= 15 is 0 Å². The third-order valence-corrected chi connectivity index (χ3v) is 9.44. The number of ether oxygens (including phenoxy) is 4. The summed E-state index contributed by atoms with van der Waals surface area (Å²) in [6, 6.07) is 8.20. The smallest absolute Gasteiger partial charge is 0.147 e. The van der Waals surface area contributed by atoms with Crippen molar-refractivity contribution < 1.29 is 18.9 Å². The van der Waals surface area contributed by atoms with E-state index in [1.807, 2.05) is 12.1 Å². The molecule has 1 heterocycles. The molecule has 0 aromatic heterocycles. The van der Waals surface area contributed by atoms with Gasteiger partial charge < -0.3 is 18.9 Å². The van der Waals surface area contributed by atoms with Crippen LogP contribution in [-0.2, 0) is 20.8 Å². The zero-order valence-corrected chi connectivity index (χ0v) is 20.0. The molecule has 1 aliphatic heterocycles. The first kappa shape index (κ1) is 21.6. The van der Waals surface area contributed by atoms with Crippen molar-refractivity contribution in [1.29, 1.82) is 0 Å². The van der Waals surface area contributed by atoms with Gasteiger partial charge in [-0.15, -0.1) is 0 Å². The van der Waals surface area contributed by atoms with Crippen LogP contribution in [0.1, 0.15) is 57.4 Å². The van der Waals surface area contributed by atoms with Crippen molar-refractivity contribution in [3.05, 3.63) is 64.8 Å². The first-order valence-electron chi connectivity index (χ1n) is 12.6. The van der Waals surface area contributed by atoms with Crippen molar-refractivity contribution in [1.82, 2.24) is 0 Å². The summed E-state index contributed by atoms with van der Waals surface area (Å²) in [5.41, 5.74) is 6.11. The van der Waals surface area contributed by atoms with Gasteiger partial charge in [-0.25, -0.2) is 0 Å². The molecule has 1 aromatic carbocycles. The lowest BCUT2D eigenvalue weighted by Gasteiger charge is -2.59. The third-order valence-electron chi connectivity index (χ3n) is 9.44. The van der Waals surface area contributed by atoms with Crippen LogP contribution in [0.2, 0.25) is 0 Å². The van der Waals surface area contributed by atoms with Crippen molar-refractivity contribution in [2.24, 2.45) is 16.7 Å². The van der Waals surface area contributed by atoms with Gasteiger partial charge in [-0.05, 0) is 85.1 Å². The highest BCUT2D eigenvalue weighted by molar-refractivity contribution is 5.54. The molecule has 5 aliphatic rings. The Morgan fingerprint density at radius 1 is 1.12 bits per heavy atom. The van der Waals surface area contributed by atoms with Crippen LogP contribution in [0.4, 0.5) is 0 Å². The molecule has 33 heavy (non-hydrogen) atoms. The van der Waals surface area contributed by atoms with E-state index in [0.717, 1.165) is 51.1 Å². The molecule has 0 unspecified atom stereocenters. The van der Waals surface area contributed by atoms with E-state index in [1.54, 1.807) is 18.3 Å². The van der Waals surface area contributed by atoms with Gasteiger partial charge in [-0.3, -0.25) is 0 Å². The molecule has 0 bridgehead atoms. The number of hydrogen-bond donors (Lipinski definition) is 0. The van der Waals surface area contributed by atoms with Crippen LogP contribution < -0.4 is 4.74 Å². The Morgan fingerprint density at radius 2 is 2.00 bits per heavy atom. The molecule has 0 spiro atoms. The largest absolute Gasteiger partial charge is 0.497 e. The van der Waals surface area contributed by atoms with Crippen LogP contribution in [0.15, 0.2) is 59.2 Å². The molecule has 3 fully saturated rings. The molecule has 4 heteroatoms. The summed E-state index contributed by atoms with van der Waals surface area (Å²) in [6.45, 7) is 5.18. The van der Waals surface area contributed by atoms with Gasteiger partial charge in [0.25, 0.3) is 0 Å². The van der Waals surface area contributed by atoms with E-state index in [9.17, 15) is 0 Å². The van der Waals surface area contributed by atoms with Crippen LogP contribution in [0.25, 0.3) is 0 Å². The first-order chi connectivity index (χ1) is 16.1. The lowest BCUT2D eigenvalue weighted by Crippen LogP contribution is -2.60. The molecule has 4 aliphatic carbocycles. The van der Waals surface area contributed by atoms with Gasteiger partial charge in [0.05, 0.1) is 37.9 Å². The second-order valence-corrected chi connectivity index (χ2v) is 10.8. The Bertz CT molecular complexity index is 1000. The monoisotopic (exact) mass is 448 g/mol. The van der Waals surface area contributed by atoms with E-state index in [4.69, 9.17) is 18.9 Å². The summed E-state index contributed by atoms with van der Waals surface area (Å²) in [7, 11) is 1.70. The SMILES string of the molecule is COc1ccc(COC[C@H]2CCC3=C4CC[C@@]56CCC=C[C@]5(COCO6)C4=CC[C@@]32C)cc1. The summed E-state index contributed by atoms with van der Waals surface area (Å²) in [5.74, 6) is 1.46. The van der Waals surface area contributed by atoms with Crippen molar-refractivity contribution in [2.75, 3.05) is 27.1 Å². The average Bonchev–Trinajstić information content (AvgIpc) is 3.19. The van der Waals surface area contributed by atoms with Gasteiger partial charge >= 0.3 is 0 Å². The fourth-order valence-electron chi connectivity index (χ4n) is 7.47. The lowest BCUT2D eigenvalue weighted by molar-refractivity contribution is -0.252. The molecule has 6 rings (SSSR count). The molecule has 0 N–H and O–H groups in total. The Hall–Kier alpha value is -1.88. The molecule has 0 radical (unpaired) electrons. The van der Waals surface area contributed by atoms with Crippen LogP contribution >= 0.6 is 0 Å². The maximum atomic E-state index is 6.42. The highest BCUT2D eigenvalue weighted by atomic mass is 16.7. The minimum Gasteiger partial charge on any atom is -0.497 e. The van der Waals surface area contributed by atoms with Crippen LogP contribution in [0.3, 0.4) is 0 Å². The van der Waals surface area contributed by atoms with Crippen LogP contribution in [-0.4, -0.2) is 32.7 Å². The van der Waals surface area contributed by atoms with Gasteiger partial charge in [-0.2, -0.15) is 0 Å². The molecule has 1 aromatic rings. The molecular weight excluding hydrogens is 412 g/mol. The van der Waals surface area contributed by atoms with Crippen LogP contribution in [0.5, 0.6) is 5.75 Å². The summed E-state index contributed by atoms with van der Waals surface area (Å²) < 4.78 is 23.9. The second-order valence-electron chi connectivity index (χ2n) is 10.8. The Labute approximate surface area is 197 Å². The maximum absolute atomic E-state index is 6.42. The molecular formula is C29H36O4. The van der Waals surface area contributed by atoms with E-state index in [1.165, 1.54) is 24.0 Å². The number of benzene rings is 1. The minimum atomic E-state index is -0.0889. The molecule has 0 amide bonds. The first-order valence-corrected chi connectivity index (χ1v) is 12.6. The van der Waals surface area contributed by atoms with Crippen LogP contribution in [0, 0.1) is 16.7 Å².